The number of hydrogen-bond donors (Lipinski definition) is 1. The maximum atomic E-state index is 10.1. The van der Waals surface area contributed by atoms with E-state index in [9.17, 15) is 5.11 Å². The highest BCUT2D eigenvalue weighted by atomic mass is 127. The van der Waals surface area contributed by atoms with Crippen LogP contribution in [0.5, 0.6) is 5.75 Å². The highest BCUT2D eigenvalue weighted by Crippen LogP contribution is 2.33. The zero-order chi connectivity index (χ0) is 15.8. The first-order valence-electron chi connectivity index (χ1n) is 8.06. The lowest BCUT2D eigenvalue weighted by atomic mass is 9.84. The molecule has 1 aliphatic carbocycles. The van der Waals surface area contributed by atoms with Crippen LogP contribution in [0, 0.1) is 3.57 Å². The topological polar surface area (TPSA) is 50.9 Å². The maximum Gasteiger partial charge on any atom is 0.144 e. The summed E-state index contributed by atoms with van der Waals surface area (Å²) in [7, 11) is 0. The van der Waals surface area contributed by atoms with E-state index in [2.05, 4.69) is 44.9 Å². The third-order valence-corrected chi connectivity index (χ3v) is 5.30. The molecule has 1 heterocycles. The number of rotatable bonds is 2. The molecule has 23 heavy (non-hydrogen) atoms. The van der Waals surface area contributed by atoms with E-state index in [1.54, 1.807) is 6.07 Å². The molecule has 1 saturated carbocycles. The van der Waals surface area contributed by atoms with Crippen molar-refractivity contribution in [2.45, 2.75) is 38.0 Å². The Hall–Kier alpha value is -1.63. The van der Waals surface area contributed by atoms with Gasteiger partial charge >= 0.3 is 0 Å². The van der Waals surface area contributed by atoms with Crippen LogP contribution in [0.3, 0.4) is 0 Å². The average molecular weight is 419 g/mol. The number of nitrogens with zero attached hydrogens (tertiary/aromatic N) is 3. The smallest absolute Gasteiger partial charge is 0.144 e. The summed E-state index contributed by atoms with van der Waals surface area (Å²) in [5, 5.41) is 19.2. The molecule has 0 amide bonds. The Labute approximate surface area is 148 Å². The minimum atomic E-state index is 0.199. The van der Waals surface area contributed by atoms with Gasteiger partial charge in [0.05, 0.1) is 0 Å². The predicted octanol–water partition coefficient (Wildman–Crippen LogP) is 4.78. The SMILES string of the molecule is Oc1cc(I)ccc1-n1nc2ccc(C3CCCCC3)cc2n1. The van der Waals surface area contributed by atoms with Crippen LogP contribution >= 0.6 is 22.6 Å². The first kappa shape index (κ1) is 14.9. The lowest BCUT2D eigenvalue weighted by molar-refractivity contribution is 0.444. The molecule has 2 aromatic carbocycles. The molecule has 0 unspecified atom stereocenters. The van der Waals surface area contributed by atoms with Crippen molar-refractivity contribution in [2.24, 2.45) is 0 Å². The fourth-order valence-electron chi connectivity index (χ4n) is 3.39. The normalized spacial score (nSPS) is 16.0. The van der Waals surface area contributed by atoms with Crippen molar-refractivity contribution in [3.05, 3.63) is 45.5 Å². The molecule has 118 valence electrons. The molecule has 1 fully saturated rings. The van der Waals surface area contributed by atoms with Crippen LogP contribution in [-0.2, 0) is 0 Å². The van der Waals surface area contributed by atoms with Crippen molar-refractivity contribution < 1.29 is 5.11 Å². The van der Waals surface area contributed by atoms with Gasteiger partial charge < -0.3 is 5.11 Å². The molecule has 4 rings (SSSR count). The number of phenols is 1. The van der Waals surface area contributed by atoms with Crippen LogP contribution in [0.2, 0.25) is 0 Å². The molecule has 0 saturated heterocycles. The second-order valence-corrected chi connectivity index (χ2v) is 7.45. The summed E-state index contributed by atoms with van der Waals surface area (Å²) in [6.07, 6.45) is 6.56. The lowest BCUT2D eigenvalue weighted by Gasteiger charge is -2.21. The van der Waals surface area contributed by atoms with Crippen molar-refractivity contribution >= 4 is 33.6 Å². The standard InChI is InChI=1S/C18H18IN3O/c19-14-7-9-17(18(23)11-14)22-20-15-8-6-13(10-16(15)21-22)12-4-2-1-3-5-12/h6-12,23H,1-5H2. The van der Waals surface area contributed by atoms with Gasteiger partial charge in [-0.2, -0.15) is 0 Å². The van der Waals surface area contributed by atoms with Gasteiger partial charge in [0.1, 0.15) is 22.5 Å². The van der Waals surface area contributed by atoms with E-state index in [1.165, 1.54) is 42.5 Å². The monoisotopic (exact) mass is 419 g/mol. The minimum absolute atomic E-state index is 0.199. The summed E-state index contributed by atoms with van der Waals surface area (Å²) in [6, 6.07) is 11.9. The summed E-state index contributed by atoms with van der Waals surface area (Å²) >= 11 is 2.17. The largest absolute Gasteiger partial charge is 0.506 e. The van der Waals surface area contributed by atoms with E-state index in [4.69, 9.17) is 0 Å². The molecular formula is C18H18IN3O. The van der Waals surface area contributed by atoms with Gasteiger partial charge in [0.15, 0.2) is 0 Å². The van der Waals surface area contributed by atoms with Gasteiger partial charge in [-0.3, -0.25) is 0 Å². The summed E-state index contributed by atoms with van der Waals surface area (Å²) in [5.41, 5.74) is 3.74. The van der Waals surface area contributed by atoms with Gasteiger partial charge in [-0.15, -0.1) is 15.0 Å². The van der Waals surface area contributed by atoms with Crippen molar-refractivity contribution in [3.63, 3.8) is 0 Å². The third kappa shape index (κ3) is 2.94. The molecule has 0 spiro atoms. The zero-order valence-electron chi connectivity index (χ0n) is 12.7. The Bertz CT molecular complexity index is 853. The fourth-order valence-corrected chi connectivity index (χ4v) is 3.87. The van der Waals surface area contributed by atoms with Crippen LogP contribution in [0.1, 0.15) is 43.6 Å². The number of halogens is 1. The number of fused-ring (bicyclic) bond motifs is 1. The predicted molar refractivity (Wildman–Crippen MR) is 99.1 cm³/mol. The fraction of sp³-hybridized carbons (Fsp3) is 0.333. The molecule has 1 aliphatic rings. The van der Waals surface area contributed by atoms with E-state index in [-0.39, 0.29) is 5.75 Å². The van der Waals surface area contributed by atoms with Crippen LogP contribution in [0.25, 0.3) is 16.7 Å². The molecule has 1 aromatic heterocycles. The molecule has 3 aromatic rings. The van der Waals surface area contributed by atoms with Gasteiger partial charge in [-0.1, -0.05) is 25.3 Å². The molecule has 0 bridgehead atoms. The van der Waals surface area contributed by atoms with Gasteiger partial charge in [0.2, 0.25) is 0 Å². The number of aromatic nitrogens is 3. The zero-order valence-corrected chi connectivity index (χ0v) is 14.9. The van der Waals surface area contributed by atoms with Crippen molar-refractivity contribution in [1.82, 2.24) is 15.0 Å². The summed E-state index contributed by atoms with van der Waals surface area (Å²) in [4.78, 5) is 1.53. The van der Waals surface area contributed by atoms with Crippen LogP contribution < -0.4 is 0 Å². The molecule has 1 N–H and O–H groups in total. The maximum absolute atomic E-state index is 10.1. The Kier molecular flexibility index (Phi) is 3.97. The Morgan fingerprint density at radius 3 is 2.52 bits per heavy atom. The minimum Gasteiger partial charge on any atom is -0.506 e. The van der Waals surface area contributed by atoms with Crippen molar-refractivity contribution in [1.29, 1.82) is 0 Å². The van der Waals surface area contributed by atoms with Crippen LogP contribution in [-0.4, -0.2) is 20.1 Å². The van der Waals surface area contributed by atoms with E-state index < -0.39 is 0 Å². The Balaban J connectivity index is 1.72. The summed E-state index contributed by atoms with van der Waals surface area (Å²) < 4.78 is 0.986. The van der Waals surface area contributed by atoms with Crippen molar-refractivity contribution in [3.8, 4) is 11.4 Å². The number of aromatic hydroxyl groups is 1. The number of phenolic OH excluding ortho intramolecular Hbond substituents is 1. The van der Waals surface area contributed by atoms with Gasteiger partial charge in [0, 0.05) is 3.57 Å². The van der Waals surface area contributed by atoms with Gasteiger partial charge in [0.25, 0.3) is 0 Å². The van der Waals surface area contributed by atoms with Gasteiger partial charge in [-0.05, 0) is 77.2 Å². The average Bonchev–Trinajstić information content (AvgIpc) is 2.98. The second kappa shape index (κ2) is 6.11. The molecule has 5 heteroatoms. The van der Waals surface area contributed by atoms with Crippen molar-refractivity contribution in [2.75, 3.05) is 0 Å². The summed E-state index contributed by atoms with van der Waals surface area (Å²) in [6.45, 7) is 0. The first-order valence-corrected chi connectivity index (χ1v) is 9.14. The molecular weight excluding hydrogens is 401 g/mol. The second-order valence-electron chi connectivity index (χ2n) is 6.21. The van der Waals surface area contributed by atoms with Crippen LogP contribution in [0.4, 0.5) is 0 Å². The molecule has 0 atom stereocenters. The summed E-state index contributed by atoms with van der Waals surface area (Å²) in [5.74, 6) is 0.856. The van der Waals surface area contributed by atoms with E-state index in [0.717, 1.165) is 14.6 Å². The van der Waals surface area contributed by atoms with E-state index in [0.29, 0.717) is 11.6 Å². The lowest BCUT2D eigenvalue weighted by Crippen LogP contribution is -2.04. The quantitative estimate of drug-likeness (QED) is 0.609. The number of hydrogen-bond acceptors (Lipinski definition) is 3. The van der Waals surface area contributed by atoms with E-state index in [1.807, 2.05) is 18.2 Å². The molecule has 4 nitrogen and oxygen atoms in total. The highest BCUT2D eigenvalue weighted by Gasteiger charge is 2.17. The van der Waals surface area contributed by atoms with E-state index >= 15 is 0 Å². The Morgan fingerprint density at radius 1 is 0.957 bits per heavy atom. The number of benzene rings is 2. The first-order chi connectivity index (χ1) is 11.2. The molecule has 0 radical (unpaired) electrons. The highest BCUT2D eigenvalue weighted by molar-refractivity contribution is 14.1. The Morgan fingerprint density at radius 2 is 1.74 bits per heavy atom. The van der Waals surface area contributed by atoms with Gasteiger partial charge in [-0.25, -0.2) is 0 Å². The third-order valence-electron chi connectivity index (χ3n) is 4.63. The van der Waals surface area contributed by atoms with Crippen LogP contribution in [0.15, 0.2) is 36.4 Å². The molecule has 0 aliphatic heterocycles.